The van der Waals surface area contributed by atoms with Crippen molar-refractivity contribution in [3.05, 3.63) is 46.8 Å². The average molecular weight is 351 g/mol. The number of halogens is 3. The largest absolute Gasteiger partial charge is 0.433 e. The standard InChI is InChI=1S/C18H20F3N3O/c1-10-8-17(2,3)12-6-5-7-13(14(10)12)23-16(25)11-9-22-24(4)15(11)18(19,20)21/h5-7,9-10H,8H2,1-4H3,(H,23,25). The van der Waals surface area contributed by atoms with Crippen molar-refractivity contribution in [1.29, 1.82) is 0 Å². The summed E-state index contributed by atoms with van der Waals surface area (Å²) in [4.78, 5) is 12.5. The van der Waals surface area contributed by atoms with Crippen LogP contribution < -0.4 is 5.32 Å². The van der Waals surface area contributed by atoms with Crippen molar-refractivity contribution in [3.8, 4) is 0 Å². The lowest BCUT2D eigenvalue weighted by Gasteiger charge is -2.19. The van der Waals surface area contributed by atoms with Crippen molar-refractivity contribution in [2.75, 3.05) is 5.32 Å². The van der Waals surface area contributed by atoms with E-state index in [1.807, 2.05) is 12.1 Å². The van der Waals surface area contributed by atoms with Crippen LogP contribution in [0.3, 0.4) is 0 Å². The Morgan fingerprint density at radius 2 is 2.04 bits per heavy atom. The van der Waals surface area contributed by atoms with E-state index in [1.54, 1.807) is 6.07 Å². The number of nitrogens with zero attached hydrogens (tertiary/aromatic N) is 2. The van der Waals surface area contributed by atoms with E-state index in [4.69, 9.17) is 0 Å². The molecule has 0 bridgehead atoms. The Morgan fingerprint density at radius 1 is 1.36 bits per heavy atom. The molecule has 0 aliphatic heterocycles. The van der Waals surface area contributed by atoms with Gasteiger partial charge >= 0.3 is 6.18 Å². The zero-order valence-corrected chi connectivity index (χ0v) is 14.5. The minimum atomic E-state index is -4.65. The minimum absolute atomic E-state index is 0.0269. The molecule has 1 N–H and O–H groups in total. The maximum absolute atomic E-state index is 13.2. The van der Waals surface area contributed by atoms with Crippen molar-refractivity contribution in [2.24, 2.45) is 7.05 Å². The van der Waals surface area contributed by atoms with Crippen LogP contribution in [-0.4, -0.2) is 15.7 Å². The fourth-order valence-corrected chi connectivity index (χ4v) is 3.90. The first-order valence-electron chi connectivity index (χ1n) is 8.06. The summed E-state index contributed by atoms with van der Waals surface area (Å²) in [7, 11) is 1.17. The Labute approximate surface area is 144 Å². The molecule has 1 aromatic heterocycles. The topological polar surface area (TPSA) is 46.9 Å². The molecule has 1 amide bonds. The summed E-state index contributed by atoms with van der Waals surface area (Å²) in [6.45, 7) is 6.32. The monoisotopic (exact) mass is 351 g/mol. The maximum atomic E-state index is 13.2. The van der Waals surface area contributed by atoms with Crippen molar-refractivity contribution in [3.63, 3.8) is 0 Å². The lowest BCUT2D eigenvalue weighted by molar-refractivity contribution is -0.144. The summed E-state index contributed by atoms with van der Waals surface area (Å²) in [5.74, 6) is -0.580. The first-order chi connectivity index (χ1) is 11.5. The number of carbonyl (C=O) groups excluding carboxylic acids is 1. The van der Waals surface area contributed by atoms with Gasteiger partial charge in [0.25, 0.3) is 5.91 Å². The zero-order valence-electron chi connectivity index (χ0n) is 14.5. The number of anilines is 1. The predicted molar refractivity (Wildman–Crippen MR) is 88.7 cm³/mol. The zero-order chi connectivity index (χ0) is 18.6. The molecule has 1 aliphatic rings. The van der Waals surface area contributed by atoms with E-state index >= 15 is 0 Å². The second kappa shape index (κ2) is 5.61. The van der Waals surface area contributed by atoms with Gasteiger partial charge in [0.2, 0.25) is 0 Å². The summed E-state index contributed by atoms with van der Waals surface area (Å²) in [6.07, 6.45) is -2.77. The Morgan fingerprint density at radius 3 is 2.68 bits per heavy atom. The van der Waals surface area contributed by atoms with Gasteiger partial charge in [-0.05, 0) is 34.9 Å². The molecule has 1 heterocycles. The van der Waals surface area contributed by atoms with Crippen molar-refractivity contribution in [2.45, 2.75) is 44.7 Å². The van der Waals surface area contributed by atoms with Crippen LogP contribution >= 0.6 is 0 Å². The molecule has 25 heavy (non-hydrogen) atoms. The quantitative estimate of drug-likeness (QED) is 0.867. The third-order valence-corrected chi connectivity index (χ3v) is 4.84. The third kappa shape index (κ3) is 2.92. The van der Waals surface area contributed by atoms with Crippen LogP contribution in [0.5, 0.6) is 0 Å². The van der Waals surface area contributed by atoms with Gasteiger partial charge in [0.05, 0.1) is 11.8 Å². The maximum Gasteiger partial charge on any atom is 0.433 e. The summed E-state index contributed by atoms with van der Waals surface area (Å²) < 4.78 is 40.2. The summed E-state index contributed by atoms with van der Waals surface area (Å²) in [6, 6.07) is 5.57. The minimum Gasteiger partial charge on any atom is -0.322 e. The van der Waals surface area contributed by atoms with Crippen LogP contribution in [0.15, 0.2) is 24.4 Å². The molecule has 1 atom stereocenters. The van der Waals surface area contributed by atoms with E-state index in [0.29, 0.717) is 10.4 Å². The molecular formula is C18H20F3N3O. The Kier molecular flexibility index (Phi) is 3.93. The molecule has 0 radical (unpaired) electrons. The number of rotatable bonds is 2. The van der Waals surface area contributed by atoms with E-state index in [-0.39, 0.29) is 11.3 Å². The molecule has 0 saturated carbocycles. The molecule has 1 aliphatic carbocycles. The number of amides is 1. The highest BCUT2D eigenvalue weighted by Gasteiger charge is 2.40. The van der Waals surface area contributed by atoms with E-state index in [2.05, 4.69) is 31.2 Å². The van der Waals surface area contributed by atoms with Crippen LogP contribution in [0.4, 0.5) is 18.9 Å². The molecule has 1 aromatic carbocycles. The molecule has 0 fully saturated rings. The van der Waals surface area contributed by atoms with Gasteiger partial charge in [-0.2, -0.15) is 18.3 Å². The summed E-state index contributed by atoms with van der Waals surface area (Å²) >= 11 is 0. The Bertz CT molecular complexity index is 837. The number of aromatic nitrogens is 2. The lowest BCUT2D eigenvalue weighted by Crippen LogP contribution is -2.20. The molecule has 134 valence electrons. The van der Waals surface area contributed by atoms with Crippen LogP contribution in [-0.2, 0) is 18.6 Å². The molecule has 2 aromatic rings. The summed E-state index contributed by atoms with van der Waals surface area (Å²) in [5, 5.41) is 6.25. The first kappa shape index (κ1) is 17.5. The van der Waals surface area contributed by atoms with Crippen LogP contribution in [0.1, 0.15) is 60.3 Å². The van der Waals surface area contributed by atoms with E-state index in [0.717, 1.165) is 23.7 Å². The number of aryl methyl sites for hydroxylation is 1. The number of alkyl halides is 3. The molecule has 4 nitrogen and oxygen atoms in total. The lowest BCUT2D eigenvalue weighted by atomic mass is 9.86. The Balaban J connectivity index is 1.99. The molecule has 0 spiro atoms. The highest BCUT2D eigenvalue weighted by molar-refractivity contribution is 6.05. The smallest absolute Gasteiger partial charge is 0.322 e. The van der Waals surface area contributed by atoms with Gasteiger partial charge in [0.15, 0.2) is 5.69 Å². The molecule has 3 rings (SSSR count). The van der Waals surface area contributed by atoms with Crippen molar-refractivity contribution in [1.82, 2.24) is 9.78 Å². The van der Waals surface area contributed by atoms with Crippen molar-refractivity contribution < 1.29 is 18.0 Å². The SMILES string of the molecule is CC1CC(C)(C)c2cccc(NC(=O)c3cnn(C)c3C(F)(F)F)c21. The molecular weight excluding hydrogens is 331 g/mol. The number of nitrogens with one attached hydrogen (secondary N) is 1. The van der Waals surface area contributed by atoms with Gasteiger partial charge in [-0.1, -0.05) is 32.9 Å². The number of fused-ring (bicyclic) bond motifs is 1. The van der Waals surface area contributed by atoms with Gasteiger partial charge in [-0.15, -0.1) is 0 Å². The van der Waals surface area contributed by atoms with Crippen LogP contribution in [0.2, 0.25) is 0 Å². The molecule has 0 saturated heterocycles. The van der Waals surface area contributed by atoms with Gasteiger partial charge in [-0.25, -0.2) is 0 Å². The normalized spacial score (nSPS) is 18.9. The third-order valence-electron chi connectivity index (χ3n) is 4.84. The van der Waals surface area contributed by atoms with Gasteiger partial charge < -0.3 is 5.32 Å². The highest BCUT2D eigenvalue weighted by atomic mass is 19.4. The second-order valence-electron chi connectivity index (χ2n) is 7.24. The number of benzene rings is 1. The number of hydrogen-bond acceptors (Lipinski definition) is 2. The Hall–Kier alpha value is -2.31. The number of hydrogen-bond donors (Lipinski definition) is 1. The van der Waals surface area contributed by atoms with E-state index in [1.165, 1.54) is 7.05 Å². The van der Waals surface area contributed by atoms with Gasteiger partial charge in [-0.3, -0.25) is 9.48 Å². The fourth-order valence-electron chi connectivity index (χ4n) is 3.90. The van der Waals surface area contributed by atoms with Crippen molar-refractivity contribution >= 4 is 11.6 Å². The van der Waals surface area contributed by atoms with E-state index < -0.39 is 23.3 Å². The molecule has 7 heteroatoms. The fraction of sp³-hybridized carbons (Fsp3) is 0.444. The first-order valence-corrected chi connectivity index (χ1v) is 8.06. The van der Waals surface area contributed by atoms with Gasteiger partial charge in [0.1, 0.15) is 0 Å². The van der Waals surface area contributed by atoms with Crippen LogP contribution in [0.25, 0.3) is 0 Å². The number of carbonyl (C=O) groups is 1. The highest BCUT2D eigenvalue weighted by Crippen LogP contribution is 2.48. The van der Waals surface area contributed by atoms with E-state index in [9.17, 15) is 18.0 Å². The molecule has 1 unspecified atom stereocenters. The van der Waals surface area contributed by atoms with Gasteiger partial charge in [0, 0.05) is 12.7 Å². The summed E-state index contributed by atoms with van der Waals surface area (Å²) in [5.41, 5.74) is 1.14. The average Bonchev–Trinajstić information content (AvgIpc) is 2.98. The second-order valence-corrected chi connectivity index (χ2v) is 7.24. The predicted octanol–water partition coefficient (Wildman–Crippen LogP) is 4.48. The van der Waals surface area contributed by atoms with Crippen LogP contribution in [0, 0.1) is 0 Å².